The zero-order chi connectivity index (χ0) is 24.3. The molecule has 0 aliphatic carbocycles. The van der Waals surface area contributed by atoms with Crippen LogP contribution in [-0.2, 0) is 0 Å². The highest BCUT2D eigenvalue weighted by molar-refractivity contribution is 6.22. The molecule has 37 heavy (non-hydrogen) atoms. The van der Waals surface area contributed by atoms with Crippen molar-refractivity contribution in [3.63, 3.8) is 0 Å². The molecule has 0 aliphatic rings. The van der Waals surface area contributed by atoms with E-state index in [0.29, 0.717) is 0 Å². The fourth-order valence-corrected chi connectivity index (χ4v) is 5.52. The molecule has 8 aromatic rings. The normalized spacial score (nSPS) is 11.8. The van der Waals surface area contributed by atoms with Crippen molar-refractivity contribution in [3.05, 3.63) is 121 Å². The lowest BCUT2D eigenvalue weighted by molar-refractivity contribution is 0.673. The second-order valence-corrected chi connectivity index (χ2v) is 9.42. The van der Waals surface area contributed by atoms with Crippen molar-refractivity contribution in [2.24, 2.45) is 0 Å². The van der Waals surface area contributed by atoms with Gasteiger partial charge in [-0.1, -0.05) is 97.1 Å². The number of nitrogens with zero attached hydrogens (tertiary/aromatic N) is 2. The fraction of sp³-hybridized carbons (Fsp3) is 0. The third-order valence-corrected chi connectivity index (χ3v) is 7.24. The Bertz CT molecular complexity index is 2190. The van der Waals surface area contributed by atoms with E-state index in [1.54, 1.807) is 0 Å². The van der Waals surface area contributed by atoms with Crippen LogP contribution in [0.1, 0.15) is 0 Å². The van der Waals surface area contributed by atoms with Gasteiger partial charge in [0.25, 0.3) is 0 Å². The summed E-state index contributed by atoms with van der Waals surface area (Å²) in [4.78, 5) is 10.2. The summed E-state index contributed by atoms with van der Waals surface area (Å²) in [5.74, 6) is 0.718. The van der Waals surface area contributed by atoms with E-state index in [9.17, 15) is 0 Å². The van der Waals surface area contributed by atoms with E-state index in [2.05, 4.69) is 91.0 Å². The van der Waals surface area contributed by atoms with Crippen molar-refractivity contribution in [1.82, 2.24) is 9.97 Å². The first-order valence-electron chi connectivity index (χ1n) is 12.4. The van der Waals surface area contributed by atoms with Gasteiger partial charge in [-0.25, -0.2) is 9.97 Å². The van der Waals surface area contributed by atoms with E-state index in [-0.39, 0.29) is 0 Å². The van der Waals surface area contributed by atoms with Gasteiger partial charge >= 0.3 is 0 Å². The van der Waals surface area contributed by atoms with Crippen LogP contribution in [-0.4, -0.2) is 9.97 Å². The summed E-state index contributed by atoms with van der Waals surface area (Å²) in [6.45, 7) is 0. The lowest BCUT2D eigenvalue weighted by Crippen LogP contribution is -1.91. The second kappa shape index (κ2) is 7.74. The van der Waals surface area contributed by atoms with E-state index in [1.165, 1.54) is 0 Å². The standard InChI is InChI=1S/C34H20N2O/c1-2-10-21(11-3-1)34-35-30-20-31(36-34)26-15-7-5-13-24(26)28-18-22(23-12-4-6-14-25(23)30)19-29-27-16-8-9-17-32(27)37-33(28)29/h1-20H. The monoisotopic (exact) mass is 472 g/mol. The van der Waals surface area contributed by atoms with Gasteiger partial charge in [-0.15, -0.1) is 0 Å². The average Bonchev–Trinajstić information content (AvgIpc) is 3.35. The van der Waals surface area contributed by atoms with Crippen molar-refractivity contribution >= 4 is 65.3 Å². The minimum absolute atomic E-state index is 0.718. The molecule has 172 valence electrons. The zero-order valence-electron chi connectivity index (χ0n) is 19.8. The number of fused-ring (bicyclic) bond motifs is 14. The number of benzene rings is 5. The molecule has 0 spiro atoms. The molecule has 0 amide bonds. The molecule has 2 aromatic heterocycles. The molecule has 0 atom stereocenters. The minimum Gasteiger partial charge on any atom is -0.455 e. The van der Waals surface area contributed by atoms with Crippen LogP contribution in [0.15, 0.2) is 126 Å². The van der Waals surface area contributed by atoms with Crippen LogP contribution < -0.4 is 0 Å². The van der Waals surface area contributed by atoms with Gasteiger partial charge in [0.05, 0.1) is 11.0 Å². The number of hydrogen-bond donors (Lipinski definition) is 0. The molecule has 0 unspecified atom stereocenters. The van der Waals surface area contributed by atoms with Crippen LogP contribution in [0.4, 0.5) is 0 Å². The van der Waals surface area contributed by atoms with Gasteiger partial charge in [0, 0.05) is 32.5 Å². The van der Waals surface area contributed by atoms with Gasteiger partial charge in [-0.2, -0.15) is 0 Å². The Hall–Kier alpha value is -5.02. The van der Waals surface area contributed by atoms with Crippen LogP contribution in [0, 0.1) is 0 Å². The predicted octanol–water partition coefficient (Wildman–Crippen LogP) is 9.22. The lowest BCUT2D eigenvalue weighted by Gasteiger charge is -2.08. The Morgan fingerprint density at radius 3 is 1.70 bits per heavy atom. The molecule has 0 saturated carbocycles. The summed E-state index contributed by atoms with van der Waals surface area (Å²) in [5, 5.41) is 8.81. The first-order chi connectivity index (χ1) is 18.3. The quantitative estimate of drug-likeness (QED) is 0.239. The van der Waals surface area contributed by atoms with Crippen molar-refractivity contribution in [3.8, 4) is 11.4 Å². The Kier molecular flexibility index (Phi) is 4.23. The molecular formula is C34H20N2O. The van der Waals surface area contributed by atoms with Crippen molar-refractivity contribution < 1.29 is 4.42 Å². The summed E-state index contributed by atoms with van der Waals surface area (Å²) in [6, 6.07) is 42.1. The highest BCUT2D eigenvalue weighted by Crippen LogP contribution is 2.38. The SMILES string of the molecule is c1ccc(-c2nc3cc(n2)c2ccccc2c2cc(cc4c5ccccc5oc42)c2ccccc32)cc1. The maximum atomic E-state index is 6.49. The summed E-state index contributed by atoms with van der Waals surface area (Å²) in [5.41, 5.74) is 4.59. The van der Waals surface area contributed by atoms with Gasteiger partial charge in [0.2, 0.25) is 0 Å². The highest BCUT2D eigenvalue weighted by Gasteiger charge is 2.14. The van der Waals surface area contributed by atoms with E-state index >= 15 is 0 Å². The molecule has 3 nitrogen and oxygen atoms in total. The summed E-state index contributed by atoms with van der Waals surface area (Å²) < 4.78 is 6.49. The maximum absolute atomic E-state index is 6.49. The van der Waals surface area contributed by atoms with Crippen LogP contribution in [0.25, 0.3) is 76.7 Å². The highest BCUT2D eigenvalue weighted by atomic mass is 16.3. The van der Waals surface area contributed by atoms with Gasteiger partial charge in [0.1, 0.15) is 11.2 Å². The number of furan rings is 1. The molecule has 0 N–H and O–H groups in total. The molecule has 3 heteroatoms. The van der Waals surface area contributed by atoms with E-state index in [1.807, 2.05) is 30.3 Å². The van der Waals surface area contributed by atoms with Crippen molar-refractivity contribution in [2.45, 2.75) is 0 Å². The van der Waals surface area contributed by atoms with Crippen molar-refractivity contribution in [2.75, 3.05) is 0 Å². The second-order valence-electron chi connectivity index (χ2n) is 9.42. The first kappa shape index (κ1) is 20.2. The molecule has 4 bridgehead atoms. The molecule has 0 radical (unpaired) electrons. The maximum Gasteiger partial charge on any atom is 0.160 e. The van der Waals surface area contributed by atoms with Crippen LogP contribution in [0.2, 0.25) is 0 Å². The van der Waals surface area contributed by atoms with Crippen LogP contribution >= 0.6 is 0 Å². The number of rotatable bonds is 1. The largest absolute Gasteiger partial charge is 0.455 e. The van der Waals surface area contributed by atoms with Crippen molar-refractivity contribution in [1.29, 1.82) is 0 Å². The summed E-state index contributed by atoms with van der Waals surface area (Å²) in [7, 11) is 0. The summed E-state index contributed by atoms with van der Waals surface area (Å²) in [6.07, 6.45) is 0. The van der Waals surface area contributed by atoms with Gasteiger partial charge in [-0.3, -0.25) is 0 Å². The summed E-state index contributed by atoms with van der Waals surface area (Å²) >= 11 is 0. The van der Waals surface area contributed by atoms with E-state index < -0.39 is 0 Å². The molecule has 0 aliphatic heterocycles. The fourth-order valence-electron chi connectivity index (χ4n) is 5.52. The number of aromatic nitrogens is 2. The Morgan fingerprint density at radius 2 is 0.973 bits per heavy atom. The first-order valence-corrected chi connectivity index (χ1v) is 12.4. The molecule has 2 heterocycles. The lowest BCUT2D eigenvalue weighted by atomic mass is 9.99. The van der Waals surface area contributed by atoms with Crippen LogP contribution in [0.3, 0.4) is 0 Å². The minimum atomic E-state index is 0.718. The van der Waals surface area contributed by atoms with Gasteiger partial charge in [-0.05, 0) is 40.4 Å². The molecule has 8 rings (SSSR count). The topological polar surface area (TPSA) is 38.9 Å². The Balaban J connectivity index is 1.71. The Labute approximate surface area is 212 Å². The number of hydrogen-bond acceptors (Lipinski definition) is 3. The van der Waals surface area contributed by atoms with Gasteiger partial charge in [0.15, 0.2) is 5.82 Å². The van der Waals surface area contributed by atoms with E-state index in [0.717, 1.165) is 76.7 Å². The third-order valence-electron chi connectivity index (χ3n) is 7.24. The average molecular weight is 473 g/mol. The molecule has 0 saturated heterocycles. The van der Waals surface area contributed by atoms with Crippen LogP contribution in [0.5, 0.6) is 0 Å². The smallest absolute Gasteiger partial charge is 0.160 e. The zero-order valence-corrected chi connectivity index (χ0v) is 19.8. The molecule has 0 fully saturated rings. The molecule has 6 aromatic carbocycles. The number of para-hydroxylation sites is 1. The molecular weight excluding hydrogens is 452 g/mol. The van der Waals surface area contributed by atoms with E-state index in [4.69, 9.17) is 14.4 Å². The Morgan fingerprint density at radius 1 is 0.432 bits per heavy atom. The van der Waals surface area contributed by atoms with Gasteiger partial charge < -0.3 is 4.42 Å². The predicted molar refractivity (Wildman–Crippen MR) is 154 cm³/mol. The third kappa shape index (κ3) is 3.08.